The Labute approximate surface area is 208 Å². The maximum atomic E-state index is 13.0. The number of aromatic nitrogens is 4. The minimum atomic E-state index is -0.447. The molecule has 1 saturated heterocycles. The third kappa shape index (κ3) is 5.42. The number of hydrogen-bond donors (Lipinski definition) is 0. The SMILES string of the molecule is Cn1c(=O)c2c(SCC(=O)N3CCN(c4ccccc4)CC3)nc(CC(C)(C)C)nc2n(C)c1=O. The summed E-state index contributed by atoms with van der Waals surface area (Å²) in [5.74, 6) is 0.728. The van der Waals surface area contributed by atoms with Crippen LogP contribution < -0.4 is 16.1 Å². The van der Waals surface area contributed by atoms with Crippen molar-refractivity contribution in [3.8, 4) is 0 Å². The molecule has 1 fully saturated rings. The van der Waals surface area contributed by atoms with Gasteiger partial charge in [0.1, 0.15) is 16.2 Å². The first-order chi connectivity index (χ1) is 16.5. The van der Waals surface area contributed by atoms with Gasteiger partial charge >= 0.3 is 5.69 Å². The number of thioether (sulfide) groups is 1. The Morgan fingerprint density at radius 2 is 1.63 bits per heavy atom. The number of nitrogens with zero attached hydrogens (tertiary/aromatic N) is 6. The maximum absolute atomic E-state index is 13.0. The molecule has 0 unspecified atom stereocenters. The molecular weight excluding hydrogens is 464 g/mol. The molecule has 0 bridgehead atoms. The van der Waals surface area contributed by atoms with Gasteiger partial charge in [-0.1, -0.05) is 50.7 Å². The highest BCUT2D eigenvalue weighted by molar-refractivity contribution is 8.00. The molecule has 0 atom stereocenters. The van der Waals surface area contributed by atoms with Crippen LogP contribution in [0.1, 0.15) is 26.6 Å². The lowest BCUT2D eigenvalue weighted by molar-refractivity contribution is -0.128. The summed E-state index contributed by atoms with van der Waals surface area (Å²) in [4.78, 5) is 51.9. The number of anilines is 1. The third-order valence-corrected chi connectivity index (χ3v) is 7.05. The molecule has 0 radical (unpaired) electrons. The molecule has 1 amide bonds. The van der Waals surface area contributed by atoms with E-state index in [-0.39, 0.29) is 22.5 Å². The first-order valence-corrected chi connectivity index (χ1v) is 12.7. The largest absolute Gasteiger partial charge is 0.368 e. The summed E-state index contributed by atoms with van der Waals surface area (Å²) >= 11 is 1.24. The lowest BCUT2D eigenvalue weighted by Crippen LogP contribution is -2.49. The number of fused-ring (bicyclic) bond motifs is 1. The average molecular weight is 497 g/mol. The van der Waals surface area contributed by atoms with Gasteiger partial charge in [0, 0.05) is 52.4 Å². The van der Waals surface area contributed by atoms with Crippen LogP contribution in [0.15, 0.2) is 44.9 Å². The molecule has 1 aliphatic rings. The highest BCUT2D eigenvalue weighted by atomic mass is 32.2. The maximum Gasteiger partial charge on any atom is 0.332 e. The molecule has 3 heterocycles. The van der Waals surface area contributed by atoms with Crippen LogP contribution >= 0.6 is 11.8 Å². The lowest BCUT2D eigenvalue weighted by atomic mass is 9.92. The summed E-state index contributed by atoms with van der Waals surface area (Å²) in [5, 5.41) is 0.723. The van der Waals surface area contributed by atoms with Crippen molar-refractivity contribution in [1.82, 2.24) is 24.0 Å². The normalized spacial score (nSPS) is 14.5. The van der Waals surface area contributed by atoms with Crippen LogP contribution in [0, 0.1) is 5.41 Å². The zero-order valence-electron chi connectivity index (χ0n) is 20.9. The van der Waals surface area contributed by atoms with Crippen LogP contribution in [0.3, 0.4) is 0 Å². The summed E-state index contributed by atoms with van der Waals surface area (Å²) in [7, 11) is 3.04. The molecule has 2 aromatic heterocycles. The third-order valence-electron chi connectivity index (χ3n) is 6.09. The smallest absolute Gasteiger partial charge is 0.332 e. The summed E-state index contributed by atoms with van der Waals surface area (Å²) in [5.41, 5.74) is 0.499. The van der Waals surface area contributed by atoms with Gasteiger partial charge in [-0.25, -0.2) is 14.8 Å². The Morgan fingerprint density at radius 1 is 0.971 bits per heavy atom. The van der Waals surface area contributed by atoms with E-state index in [0.717, 1.165) is 23.3 Å². The van der Waals surface area contributed by atoms with Gasteiger partial charge in [-0.2, -0.15) is 0 Å². The molecule has 4 rings (SSSR count). The molecule has 0 spiro atoms. The van der Waals surface area contributed by atoms with Gasteiger partial charge in [0.15, 0.2) is 5.65 Å². The number of rotatable bonds is 5. The van der Waals surface area contributed by atoms with Crippen LogP contribution in [0.25, 0.3) is 11.0 Å². The van der Waals surface area contributed by atoms with Crippen molar-refractivity contribution < 1.29 is 4.79 Å². The number of para-hydroxylation sites is 1. The summed E-state index contributed by atoms with van der Waals surface area (Å²) < 4.78 is 2.43. The van der Waals surface area contributed by atoms with Gasteiger partial charge < -0.3 is 9.80 Å². The number of piperazine rings is 1. The quantitative estimate of drug-likeness (QED) is 0.394. The zero-order valence-corrected chi connectivity index (χ0v) is 21.8. The van der Waals surface area contributed by atoms with E-state index in [1.807, 2.05) is 23.1 Å². The number of hydrogen-bond acceptors (Lipinski definition) is 7. The number of carbonyl (C=O) groups excluding carboxylic acids is 1. The summed E-state index contributed by atoms with van der Waals surface area (Å²) in [6, 6.07) is 10.2. The second kappa shape index (κ2) is 9.85. The fourth-order valence-electron chi connectivity index (χ4n) is 4.20. The molecule has 10 heteroatoms. The van der Waals surface area contributed by atoms with Crippen LogP contribution in [0.5, 0.6) is 0 Å². The van der Waals surface area contributed by atoms with Crippen molar-refractivity contribution >= 4 is 34.4 Å². The Bertz CT molecular complexity index is 1350. The van der Waals surface area contributed by atoms with E-state index < -0.39 is 11.2 Å². The predicted octanol–water partition coefficient (Wildman–Crippen LogP) is 2.06. The van der Waals surface area contributed by atoms with Crippen LogP contribution in [-0.2, 0) is 25.3 Å². The van der Waals surface area contributed by atoms with Gasteiger partial charge in [0.2, 0.25) is 5.91 Å². The Morgan fingerprint density at radius 3 is 2.26 bits per heavy atom. The standard InChI is InChI=1S/C25H32N6O3S/c1-25(2,3)15-18-26-21-20(23(33)29(5)24(34)28(21)4)22(27-18)35-16-19(32)31-13-11-30(12-14-31)17-9-7-6-8-10-17/h6-10H,11-16H2,1-5H3. The highest BCUT2D eigenvalue weighted by Crippen LogP contribution is 2.26. The molecule has 186 valence electrons. The van der Waals surface area contributed by atoms with Gasteiger partial charge in [0.25, 0.3) is 5.56 Å². The van der Waals surface area contributed by atoms with Crippen LogP contribution in [0.2, 0.25) is 0 Å². The van der Waals surface area contributed by atoms with E-state index in [9.17, 15) is 14.4 Å². The lowest BCUT2D eigenvalue weighted by Gasteiger charge is -2.36. The first-order valence-electron chi connectivity index (χ1n) is 11.7. The van der Waals surface area contributed by atoms with Gasteiger partial charge in [-0.3, -0.25) is 18.7 Å². The Kier molecular flexibility index (Phi) is 7.02. The minimum Gasteiger partial charge on any atom is -0.368 e. The van der Waals surface area contributed by atoms with Crippen molar-refractivity contribution in [1.29, 1.82) is 0 Å². The highest BCUT2D eigenvalue weighted by Gasteiger charge is 2.24. The molecule has 9 nitrogen and oxygen atoms in total. The second-order valence-corrected chi connectivity index (χ2v) is 11.0. The molecule has 35 heavy (non-hydrogen) atoms. The van der Waals surface area contributed by atoms with Crippen molar-refractivity contribution in [2.45, 2.75) is 32.2 Å². The molecule has 0 N–H and O–H groups in total. The number of amides is 1. The van der Waals surface area contributed by atoms with Gasteiger partial charge in [-0.05, 0) is 17.5 Å². The van der Waals surface area contributed by atoms with Crippen molar-refractivity contribution in [2.24, 2.45) is 19.5 Å². The molecule has 1 aliphatic heterocycles. The summed E-state index contributed by atoms with van der Waals surface area (Å²) in [6.45, 7) is 9.07. The van der Waals surface area contributed by atoms with Crippen molar-refractivity contribution in [3.05, 3.63) is 57.0 Å². The van der Waals surface area contributed by atoms with E-state index in [1.165, 1.54) is 23.4 Å². The van der Waals surface area contributed by atoms with Crippen LogP contribution in [-0.4, -0.2) is 61.8 Å². The number of benzene rings is 1. The minimum absolute atomic E-state index is 0.00786. The molecule has 3 aromatic rings. The Balaban J connectivity index is 1.56. The fourth-order valence-corrected chi connectivity index (χ4v) is 5.14. The number of aryl methyl sites for hydroxylation is 1. The monoisotopic (exact) mass is 496 g/mol. The van der Waals surface area contributed by atoms with Gasteiger partial charge in [-0.15, -0.1) is 0 Å². The van der Waals surface area contributed by atoms with Crippen LogP contribution in [0.4, 0.5) is 5.69 Å². The second-order valence-electron chi connectivity index (χ2n) is 10.1. The van der Waals surface area contributed by atoms with E-state index in [2.05, 4.69) is 47.8 Å². The predicted molar refractivity (Wildman–Crippen MR) is 139 cm³/mol. The molecule has 0 saturated carbocycles. The number of carbonyl (C=O) groups is 1. The molecule has 1 aromatic carbocycles. The zero-order chi connectivity index (χ0) is 25.3. The van der Waals surface area contributed by atoms with Crippen molar-refractivity contribution in [2.75, 3.05) is 36.8 Å². The summed E-state index contributed by atoms with van der Waals surface area (Å²) in [6.07, 6.45) is 0.579. The first kappa shape index (κ1) is 25.0. The van der Waals surface area contributed by atoms with E-state index in [0.29, 0.717) is 36.0 Å². The van der Waals surface area contributed by atoms with E-state index in [1.54, 1.807) is 7.05 Å². The average Bonchev–Trinajstić information content (AvgIpc) is 2.84. The molecular formula is C25H32N6O3S. The van der Waals surface area contributed by atoms with E-state index in [4.69, 9.17) is 0 Å². The van der Waals surface area contributed by atoms with Gasteiger partial charge in [0.05, 0.1) is 5.75 Å². The molecule has 0 aliphatic carbocycles. The van der Waals surface area contributed by atoms with Crippen molar-refractivity contribution in [3.63, 3.8) is 0 Å². The van der Waals surface area contributed by atoms with E-state index >= 15 is 0 Å². The topological polar surface area (TPSA) is 93.3 Å². The fraction of sp³-hybridized carbons (Fsp3) is 0.480. The Hall–Kier alpha value is -3.14.